The first-order valence-corrected chi connectivity index (χ1v) is 8.43. The Morgan fingerprint density at radius 1 is 1.33 bits per heavy atom. The minimum absolute atomic E-state index is 0.0499. The van der Waals surface area contributed by atoms with Gasteiger partial charge in [-0.3, -0.25) is 0 Å². The highest BCUT2D eigenvalue weighted by Gasteiger charge is 2.36. The van der Waals surface area contributed by atoms with Crippen molar-refractivity contribution in [1.29, 1.82) is 0 Å². The van der Waals surface area contributed by atoms with Crippen LogP contribution >= 0.6 is 0 Å². The molecule has 1 aliphatic rings. The van der Waals surface area contributed by atoms with E-state index >= 15 is 0 Å². The van der Waals surface area contributed by atoms with Gasteiger partial charge >= 0.3 is 0 Å². The Labute approximate surface area is 124 Å². The first-order chi connectivity index (χ1) is 9.78. The van der Waals surface area contributed by atoms with Crippen LogP contribution < -0.4 is 5.73 Å². The molecule has 1 saturated heterocycles. The van der Waals surface area contributed by atoms with Crippen molar-refractivity contribution in [2.45, 2.75) is 44.2 Å². The van der Waals surface area contributed by atoms with E-state index < -0.39 is 26.6 Å². The number of hydrogen-bond donors (Lipinski definition) is 1. The average molecular weight is 318 g/mol. The van der Waals surface area contributed by atoms with Crippen LogP contribution in [0.2, 0.25) is 0 Å². The molecule has 0 aliphatic carbocycles. The zero-order valence-electron chi connectivity index (χ0n) is 12.1. The van der Waals surface area contributed by atoms with Gasteiger partial charge in [-0.1, -0.05) is 6.92 Å². The molecule has 1 aromatic rings. The van der Waals surface area contributed by atoms with E-state index in [2.05, 4.69) is 0 Å². The van der Waals surface area contributed by atoms with Gasteiger partial charge < -0.3 is 5.73 Å². The Balaban J connectivity index is 2.51. The van der Waals surface area contributed by atoms with Gasteiger partial charge in [0.25, 0.3) is 0 Å². The van der Waals surface area contributed by atoms with Gasteiger partial charge in [0.1, 0.15) is 4.90 Å². The van der Waals surface area contributed by atoms with E-state index in [-0.39, 0.29) is 24.1 Å². The van der Waals surface area contributed by atoms with Gasteiger partial charge in [0.05, 0.1) is 0 Å². The summed E-state index contributed by atoms with van der Waals surface area (Å²) in [6, 6.07) is 1.81. The fourth-order valence-electron chi connectivity index (χ4n) is 2.69. The number of halogens is 2. The Morgan fingerprint density at radius 3 is 2.62 bits per heavy atom. The highest BCUT2D eigenvalue weighted by Crippen LogP contribution is 2.30. The Kier molecular flexibility index (Phi) is 4.65. The van der Waals surface area contributed by atoms with Crippen molar-refractivity contribution in [3.05, 3.63) is 29.3 Å². The molecule has 0 spiro atoms. The average Bonchev–Trinajstić information content (AvgIpc) is 2.44. The first-order valence-electron chi connectivity index (χ1n) is 6.99. The third-order valence-corrected chi connectivity index (χ3v) is 6.18. The summed E-state index contributed by atoms with van der Waals surface area (Å²) >= 11 is 0. The molecule has 2 rings (SSSR count). The molecule has 2 unspecified atom stereocenters. The van der Waals surface area contributed by atoms with Crippen LogP contribution in [0, 0.1) is 17.6 Å². The predicted octanol–water partition coefficient (Wildman–Crippen LogP) is 2.23. The SMILES string of the molecule is CC1CCCN(S(=O)(=O)c2cc(CN)cc(F)c2F)C1C. The van der Waals surface area contributed by atoms with Crippen LogP contribution in [-0.4, -0.2) is 25.3 Å². The van der Waals surface area contributed by atoms with Gasteiger partial charge in [-0.25, -0.2) is 17.2 Å². The van der Waals surface area contributed by atoms with Gasteiger partial charge in [-0.15, -0.1) is 0 Å². The summed E-state index contributed by atoms with van der Waals surface area (Å²) in [4.78, 5) is -0.621. The predicted molar refractivity (Wildman–Crippen MR) is 76.0 cm³/mol. The number of sulfonamides is 1. The largest absolute Gasteiger partial charge is 0.326 e. The van der Waals surface area contributed by atoms with E-state index in [4.69, 9.17) is 5.73 Å². The fourth-order valence-corrected chi connectivity index (χ4v) is 4.58. The lowest BCUT2D eigenvalue weighted by Crippen LogP contribution is -2.46. The molecule has 0 aromatic heterocycles. The molecule has 2 N–H and O–H groups in total. The second-order valence-electron chi connectivity index (χ2n) is 5.57. The van der Waals surface area contributed by atoms with Crippen molar-refractivity contribution in [3.63, 3.8) is 0 Å². The molecule has 2 atom stereocenters. The summed E-state index contributed by atoms with van der Waals surface area (Å²) in [5, 5.41) is 0. The fraction of sp³-hybridized carbons (Fsp3) is 0.571. The number of piperidine rings is 1. The Morgan fingerprint density at radius 2 is 2.00 bits per heavy atom. The third-order valence-electron chi connectivity index (χ3n) is 4.19. The second-order valence-corrected chi connectivity index (χ2v) is 7.43. The Bertz CT molecular complexity index is 634. The molecule has 7 heteroatoms. The van der Waals surface area contributed by atoms with Gasteiger partial charge in [-0.05, 0) is 43.4 Å². The standard InChI is InChI=1S/C14H20F2N2O2S/c1-9-4-3-5-18(10(9)2)21(19,20)13-7-11(8-17)6-12(15)14(13)16/h6-7,9-10H,3-5,8,17H2,1-2H3. The molecular formula is C14H20F2N2O2S. The molecule has 1 aliphatic heterocycles. The van der Waals surface area contributed by atoms with Crippen molar-refractivity contribution >= 4 is 10.0 Å². The summed E-state index contributed by atoms with van der Waals surface area (Å²) in [6.45, 7) is 4.02. The normalized spacial score (nSPS) is 24.2. The van der Waals surface area contributed by atoms with E-state index in [0.717, 1.165) is 18.6 Å². The molecular weight excluding hydrogens is 298 g/mol. The van der Waals surface area contributed by atoms with Gasteiger partial charge in [-0.2, -0.15) is 4.31 Å². The van der Waals surface area contributed by atoms with E-state index in [1.54, 1.807) is 6.92 Å². The molecule has 4 nitrogen and oxygen atoms in total. The quantitative estimate of drug-likeness (QED) is 0.929. The molecule has 0 amide bonds. The molecule has 118 valence electrons. The minimum atomic E-state index is -4.07. The van der Waals surface area contributed by atoms with Crippen LogP contribution in [0.25, 0.3) is 0 Å². The maximum atomic E-state index is 14.0. The van der Waals surface area contributed by atoms with Gasteiger partial charge in [0.2, 0.25) is 10.0 Å². The third kappa shape index (κ3) is 2.95. The summed E-state index contributed by atoms with van der Waals surface area (Å²) in [5.74, 6) is -2.34. The smallest absolute Gasteiger partial charge is 0.246 e. The lowest BCUT2D eigenvalue weighted by atomic mass is 9.94. The highest BCUT2D eigenvalue weighted by molar-refractivity contribution is 7.89. The topological polar surface area (TPSA) is 63.4 Å². The molecule has 21 heavy (non-hydrogen) atoms. The summed E-state index contributed by atoms with van der Waals surface area (Å²) < 4.78 is 54.1. The van der Waals surface area contributed by atoms with E-state index in [1.807, 2.05) is 6.92 Å². The van der Waals surface area contributed by atoms with Crippen molar-refractivity contribution in [2.24, 2.45) is 11.7 Å². The summed E-state index contributed by atoms with van der Waals surface area (Å²) in [6.07, 6.45) is 1.64. The first kappa shape index (κ1) is 16.3. The zero-order chi connectivity index (χ0) is 15.8. The van der Waals surface area contributed by atoms with Crippen LogP contribution in [0.3, 0.4) is 0 Å². The second kappa shape index (κ2) is 5.98. The maximum absolute atomic E-state index is 14.0. The number of hydrogen-bond acceptors (Lipinski definition) is 3. The lowest BCUT2D eigenvalue weighted by Gasteiger charge is -2.36. The van der Waals surface area contributed by atoms with Crippen LogP contribution in [0.5, 0.6) is 0 Å². The number of nitrogens with zero attached hydrogens (tertiary/aromatic N) is 1. The van der Waals surface area contributed by atoms with Crippen molar-refractivity contribution in [3.8, 4) is 0 Å². The van der Waals surface area contributed by atoms with Crippen LogP contribution in [0.15, 0.2) is 17.0 Å². The number of benzene rings is 1. The van der Waals surface area contributed by atoms with Gasteiger partial charge in [0.15, 0.2) is 11.6 Å². The summed E-state index contributed by atoms with van der Waals surface area (Å²) in [7, 11) is -4.07. The molecule has 0 radical (unpaired) electrons. The number of rotatable bonds is 3. The minimum Gasteiger partial charge on any atom is -0.326 e. The molecule has 0 saturated carbocycles. The van der Waals surface area contributed by atoms with Crippen LogP contribution in [0.4, 0.5) is 8.78 Å². The zero-order valence-corrected chi connectivity index (χ0v) is 13.0. The highest BCUT2D eigenvalue weighted by atomic mass is 32.2. The Hall–Kier alpha value is -1.05. The van der Waals surface area contributed by atoms with Crippen LogP contribution in [0.1, 0.15) is 32.3 Å². The monoisotopic (exact) mass is 318 g/mol. The van der Waals surface area contributed by atoms with Crippen molar-refractivity contribution in [1.82, 2.24) is 4.31 Å². The molecule has 1 fully saturated rings. The van der Waals surface area contributed by atoms with Crippen molar-refractivity contribution in [2.75, 3.05) is 6.54 Å². The van der Waals surface area contributed by atoms with E-state index in [1.165, 1.54) is 4.31 Å². The van der Waals surface area contributed by atoms with Crippen molar-refractivity contribution < 1.29 is 17.2 Å². The summed E-state index contributed by atoms with van der Waals surface area (Å²) in [5.41, 5.74) is 5.67. The number of nitrogens with two attached hydrogens (primary N) is 1. The maximum Gasteiger partial charge on any atom is 0.246 e. The lowest BCUT2D eigenvalue weighted by molar-refractivity contribution is 0.201. The molecule has 1 aromatic carbocycles. The van der Waals surface area contributed by atoms with E-state index in [9.17, 15) is 17.2 Å². The van der Waals surface area contributed by atoms with Gasteiger partial charge in [0, 0.05) is 19.1 Å². The molecule has 0 bridgehead atoms. The van der Waals surface area contributed by atoms with E-state index in [0.29, 0.717) is 13.0 Å². The van der Waals surface area contributed by atoms with Crippen LogP contribution in [-0.2, 0) is 16.6 Å². The molecule has 1 heterocycles.